The normalized spacial score (nSPS) is 10.3. The Morgan fingerprint density at radius 3 is 2.94 bits per heavy atom. The van der Waals surface area contributed by atoms with Crippen molar-refractivity contribution >= 4 is 5.82 Å². The molecule has 0 aliphatic rings. The summed E-state index contributed by atoms with van der Waals surface area (Å²) >= 11 is 0. The van der Waals surface area contributed by atoms with Gasteiger partial charge in [-0.3, -0.25) is 4.98 Å². The lowest BCUT2D eigenvalue weighted by Gasteiger charge is -2.07. The van der Waals surface area contributed by atoms with E-state index in [9.17, 15) is 0 Å². The molecule has 18 heavy (non-hydrogen) atoms. The van der Waals surface area contributed by atoms with Gasteiger partial charge in [-0.25, -0.2) is 0 Å². The van der Waals surface area contributed by atoms with Gasteiger partial charge in [0.2, 0.25) is 5.88 Å². The molecule has 0 aliphatic heterocycles. The van der Waals surface area contributed by atoms with Crippen LogP contribution in [0.1, 0.15) is 19.8 Å². The SMILES string of the molecule is CCCOc1cncc(NCCCOCCN)n1. The lowest BCUT2D eigenvalue weighted by atomic mass is 10.4. The van der Waals surface area contributed by atoms with E-state index in [1.165, 1.54) is 0 Å². The Bertz CT molecular complexity index is 323. The summed E-state index contributed by atoms with van der Waals surface area (Å²) in [6.07, 6.45) is 5.16. The monoisotopic (exact) mass is 254 g/mol. The Morgan fingerprint density at radius 2 is 2.17 bits per heavy atom. The maximum atomic E-state index is 5.40. The number of nitrogens with one attached hydrogen (secondary N) is 1. The minimum atomic E-state index is 0.557. The molecule has 0 aliphatic carbocycles. The van der Waals surface area contributed by atoms with Crippen LogP contribution in [0.2, 0.25) is 0 Å². The summed E-state index contributed by atoms with van der Waals surface area (Å²) < 4.78 is 10.7. The van der Waals surface area contributed by atoms with Crippen LogP contribution in [-0.2, 0) is 4.74 Å². The van der Waals surface area contributed by atoms with Crippen LogP contribution >= 0.6 is 0 Å². The number of hydrogen-bond donors (Lipinski definition) is 2. The fourth-order valence-corrected chi connectivity index (χ4v) is 1.29. The zero-order valence-electron chi connectivity index (χ0n) is 10.9. The lowest BCUT2D eigenvalue weighted by molar-refractivity contribution is 0.141. The molecular formula is C12H22N4O2. The van der Waals surface area contributed by atoms with Crippen LogP contribution in [0.15, 0.2) is 12.4 Å². The van der Waals surface area contributed by atoms with Crippen molar-refractivity contribution in [3.8, 4) is 5.88 Å². The van der Waals surface area contributed by atoms with E-state index in [1.54, 1.807) is 12.4 Å². The molecule has 0 amide bonds. The molecular weight excluding hydrogens is 232 g/mol. The number of nitrogens with two attached hydrogens (primary N) is 1. The number of nitrogens with zero attached hydrogens (tertiary/aromatic N) is 2. The molecule has 0 radical (unpaired) electrons. The number of ether oxygens (including phenoxy) is 2. The molecule has 1 aromatic heterocycles. The van der Waals surface area contributed by atoms with Gasteiger partial charge in [0.15, 0.2) is 0 Å². The second kappa shape index (κ2) is 9.61. The van der Waals surface area contributed by atoms with Crippen LogP contribution < -0.4 is 15.8 Å². The molecule has 0 spiro atoms. The number of rotatable bonds is 10. The van der Waals surface area contributed by atoms with E-state index in [2.05, 4.69) is 22.2 Å². The highest BCUT2D eigenvalue weighted by molar-refractivity contribution is 5.32. The van der Waals surface area contributed by atoms with E-state index < -0.39 is 0 Å². The van der Waals surface area contributed by atoms with Crippen molar-refractivity contribution in [1.29, 1.82) is 0 Å². The van der Waals surface area contributed by atoms with Crippen molar-refractivity contribution in [2.24, 2.45) is 5.73 Å². The third kappa shape index (κ3) is 6.36. The van der Waals surface area contributed by atoms with Crippen LogP contribution in [-0.4, -0.2) is 42.9 Å². The van der Waals surface area contributed by atoms with Crippen LogP contribution in [0.25, 0.3) is 0 Å². The van der Waals surface area contributed by atoms with Crippen LogP contribution in [0.4, 0.5) is 5.82 Å². The molecule has 1 rings (SSSR count). The summed E-state index contributed by atoms with van der Waals surface area (Å²) in [5, 5.41) is 3.17. The summed E-state index contributed by atoms with van der Waals surface area (Å²) in [4.78, 5) is 8.36. The van der Waals surface area contributed by atoms with Gasteiger partial charge in [-0.1, -0.05) is 6.92 Å². The molecule has 0 aromatic carbocycles. The maximum Gasteiger partial charge on any atom is 0.234 e. The van der Waals surface area contributed by atoms with Gasteiger partial charge in [-0.2, -0.15) is 4.98 Å². The average molecular weight is 254 g/mol. The Hall–Kier alpha value is -1.40. The highest BCUT2D eigenvalue weighted by Crippen LogP contribution is 2.09. The third-order valence-corrected chi connectivity index (χ3v) is 2.10. The quantitative estimate of drug-likeness (QED) is 0.607. The Kier molecular flexibility index (Phi) is 7.83. The lowest BCUT2D eigenvalue weighted by Crippen LogP contribution is -2.12. The first-order valence-electron chi connectivity index (χ1n) is 6.33. The predicted octanol–water partition coefficient (Wildman–Crippen LogP) is 1.04. The largest absolute Gasteiger partial charge is 0.477 e. The minimum Gasteiger partial charge on any atom is -0.477 e. The van der Waals surface area contributed by atoms with Gasteiger partial charge < -0.3 is 20.5 Å². The summed E-state index contributed by atoms with van der Waals surface area (Å²) in [7, 11) is 0. The highest BCUT2D eigenvalue weighted by atomic mass is 16.5. The smallest absolute Gasteiger partial charge is 0.234 e. The number of anilines is 1. The van der Waals surface area contributed by atoms with Gasteiger partial charge in [0.25, 0.3) is 0 Å². The third-order valence-electron chi connectivity index (χ3n) is 2.10. The minimum absolute atomic E-state index is 0.557. The van der Waals surface area contributed by atoms with Crippen molar-refractivity contribution in [2.45, 2.75) is 19.8 Å². The first-order valence-corrected chi connectivity index (χ1v) is 6.33. The van der Waals surface area contributed by atoms with Gasteiger partial charge in [0, 0.05) is 19.7 Å². The van der Waals surface area contributed by atoms with E-state index in [1.807, 2.05) is 0 Å². The van der Waals surface area contributed by atoms with Crippen LogP contribution in [0.5, 0.6) is 5.88 Å². The molecule has 0 atom stereocenters. The fourth-order valence-electron chi connectivity index (χ4n) is 1.29. The Balaban J connectivity index is 2.20. The molecule has 0 saturated heterocycles. The first-order chi connectivity index (χ1) is 8.86. The summed E-state index contributed by atoms with van der Waals surface area (Å²) in [6, 6.07) is 0. The van der Waals surface area contributed by atoms with E-state index in [0.717, 1.165) is 25.2 Å². The second-order valence-corrected chi connectivity index (χ2v) is 3.77. The fraction of sp³-hybridized carbons (Fsp3) is 0.667. The second-order valence-electron chi connectivity index (χ2n) is 3.77. The Morgan fingerprint density at radius 1 is 1.28 bits per heavy atom. The van der Waals surface area contributed by atoms with Crippen molar-refractivity contribution in [3.05, 3.63) is 12.4 Å². The molecule has 0 saturated carbocycles. The van der Waals surface area contributed by atoms with Gasteiger partial charge >= 0.3 is 0 Å². The van der Waals surface area contributed by atoms with Gasteiger partial charge in [-0.15, -0.1) is 0 Å². The molecule has 1 aromatic rings. The molecule has 3 N–H and O–H groups in total. The number of aromatic nitrogens is 2. The first kappa shape index (κ1) is 14.7. The zero-order chi connectivity index (χ0) is 13.1. The highest BCUT2D eigenvalue weighted by Gasteiger charge is 1.98. The molecule has 1 heterocycles. The van der Waals surface area contributed by atoms with E-state index in [0.29, 0.717) is 32.2 Å². The van der Waals surface area contributed by atoms with Crippen LogP contribution in [0, 0.1) is 0 Å². The molecule has 6 nitrogen and oxygen atoms in total. The van der Waals surface area contributed by atoms with E-state index >= 15 is 0 Å². The summed E-state index contributed by atoms with van der Waals surface area (Å²) in [6.45, 7) is 5.37. The van der Waals surface area contributed by atoms with Crippen LogP contribution in [0.3, 0.4) is 0 Å². The van der Waals surface area contributed by atoms with Gasteiger partial charge in [-0.05, 0) is 12.8 Å². The van der Waals surface area contributed by atoms with E-state index in [-0.39, 0.29) is 0 Å². The van der Waals surface area contributed by atoms with Crippen molar-refractivity contribution in [3.63, 3.8) is 0 Å². The van der Waals surface area contributed by atoms with Gasteiger partial charge in [0.1, 0.15) is 5.82 Å². The predicted molar refractivity (Wildman–Crippen MR) is 70.8 cm³/mol. The zero-order valence-corrected chi connectivity index (χ0v) is 10.9. The number of hydrogen-bond acceptors (Lipinski definition) is 6. The van der Waals surface area contributed by atoms with Crippen molar-refractivity contribution in [2.75, 3.05) is 38.2 Å². The van der Waals surface area contributed by atoms with Gasteiger partial charge in [0.05, 0.1) is 25.6 Å². The van der Waals surface area contributed by atoms with E-state index in [4.69, 9.17) is 15.2 Å². The molecule has 6 heteroatoms. The molecule has 0 fully saturated rings. The van der Waals surface area contributed by atoms with Crippen molar-refractivity contribution < 1.29 is 9.47 Å². The molecule has 0 bridgehead atoms. The molecule has 102 valence electrons. The maximum absolute atomic E-state index is 5.40. The Labute approximate surface area is 108 Å². The topological polar surface area (TPSA) is 82.3 Å². The summed E-state index contributed by atoms with van der Waals surface area (Å²) in [5.41, 5.74) is 5.32. The average Bonchev–Trinajstić information content (AvgIpc) is 2.41. The summed E-state index contributed by atoms with van der Waals surface area (Å²) in [5.74, 6) is 1.28. The standard InChI is InChI=1S/C12H22N4O2/c1-2-6-18-12-10-14-9-11(16-12)15-5-3-7-17-8-4-13/h9-10H,2-8,13H2,1H3,(H,15,16). The molecule has 0 unspecified atom stereocenters. The van der Waals surface area contributed by atoms with Crippen molar-refractivity contribution in [1.82, 2.24) is 9.97 Å².